The maximum atomic E-state index is 14.1. The average molecular weight is 379 g/mol. The molecule has 0 fully saturated rings. The predicted octanol–water partition coefficient (Wildman–Crippen LogP) is 1.95. The van der Waals surface area contributed by atoms with Gasteiger partial charge in [0, 0.05) is 4.47 Å². The number of carboxylic acids is 1. The van der Waals surface area contributed by atoms with Gasteiger partial charge in [0.2, 0.25) is 5.89 Å². The van der Waals surface area contributed by atoms with Crippen molar-refractivity contribution in [1.29, 1.82) is 0 Å². The normalized spacial score (nSPS) is 11.6. The Labute approximate surface area is 126 Å². The molecule has 1 N–H and O–H groups in total. The summed E-state index contributed by atoms with van der Waals surface area (Å²) in [6, 6.07) is 1.97. The first kappa shape index (κ1) is 15.6. The highest BCUT2D eigenvalue weighted by Crippen LogP contribution is 2.26. The first-order chi connectivity index (χ1) is 9.70. The van der Waals surface area contributed by atoms with E-state index in [1.165, 1.54) is 6.92 Å². The third-order valence-corrected chi connectivity index (χ3v) is 4.50. The van der Waals surface area contributed by atoms with Gasteiger partial charge in [0.25, 0.3) is 0 Å². The number of aryl methyl sites for hydroxylation is 1. The lowest BCUT2D eigenvalue weighted by molar-refractivity contribution is 0.0691. The Hall–Kier alpha value is -1.81. The van der Waals surface area contributed by atoms with Crippen LogP contribution in [0.4, 0.5) is 4.39 Å². The van der Waals surface area contributed by atoms with E-state index in [4.69, 9.17) is 5.11 Å². The molecule has 1 aromatic heterocycles. The Morgan fingerprint density at radius 1 is 1.48 bits per heavy atom. The molecule has 21 heavy (non-hydrogen) atoms. The Morgan fingerprint density at radius 3 is 2.67 bits per heavy atom. The molecular formula is C11H8BrFN2O5S. The minimum atomic E-state index is -4.17. The summed E-state index contributed by atoms with van der Waals surface area (Å²) in [5.41, 5.74) is -0.746. The summed E-state index contributed by atoms with van der Waals surface area (Å²) < 4.78 is 43.2. The van der Waals surface area contributed by atoms with Gasteiger partial charge in [0.1, 0.15) is 10.6 Å². The van der Waals surface area contributed by atoms with Crippen LogP contribution in [0.1, 0.15) is 22.1 Å². The van der Waals surface area contributed by atoms with Crippen LogP contribution < -0.4 is 0 Å². The molecule has 0 aliphatic carbocycles. The van der Waals surface area contributed by atoms with Gasteiger partial charge in [-0.05, 0) is 19.1 Å². The van der Waals surface area contributed by atoms with Crippen molar-refractivity contribution in [3.8, 4) is 0 Å². The quantitative estimate of drug-likeness (QED) is 0.865. The summed E-state index contributed by atoms with van der Waals surface area (Å²) in [5, 5.41) is 12.3. The molecule has 0 atom stereocenters. The van der Waals surface area contributed by atoms with Crippen LogP contribution >= 0.6 is 15.9 Å². The van der Waals surface area contributed by atoms with E-state index in [0.29, 0.717) is 0 Å². The molecule has 0 saturated carbocycles. The van der Waals surface area contributed by atoms with Crippen molar-refractivity contribution in [1.82, 2.24) is 10.1 Å². The van der Waals surface area contributed by atoms with Gasteiger partial charge in [0.05, 0.1) is 5.56 Å². The highest BCUT2D eigenvalue weighted by molar-refractivity contribution is 9.10. The molecule has 0 radical (unpaired) electrons. The number of hydrogen-bond donors (Lipinski definition) is 1. The summed E-state index contributed by atoms with van der Waals surface area (Å²) in [6.07, 6.45) is 0. The Morgan fingerprint density at radius 2 is 2.14 bits per heavy atom. The molecule has 112 valence electrons. The molecule has 7 nitrogen and oxygen atoms in total. The summed E-state index contributed by atoms with van der Waals surface area (Å²) in [7, 11) is -4.17. The van der Waals surface area contributed by atoms with Crippen LogP contribution in [0.25, 0.3) is 0 Å². The standard InChI is InChI=1S/C11H8BrFN2O5S/c1-5-14-9(20-15-5)4-21(18,19)8-3-6(12)2-7(10(8)13)11(16)17/h2-3H,4H2,1H3,(H,16,17). The van der Waals surface area contributed by atoms with E-state index in [1.54, 1.807) is 0 Å². The summed E-state index contributed by atoms with van der Waals surface area (Å²) in [4.78, 5) is 13.9. The van der Waals surface area contributed by atoms with Gasteiger partial charge in [-0.25, -0.2) is 17.6 Å². The lowest BCUT2D eigenvalue weighted by Crippen LogP contribution is -2.11. The van der Waals surface area contributed by atoms with Crippen LogP contribution in [-0.2, 0) is 15.6 Å². The number of benzene rings is 1. The van der Waals surface area contributed by atoms with Gasteiger partial charge >= 0.3 is 5.97 Å². The molecule has 0 aliphatic rings. The molecule has 0 aliphatic heterocycles. The maximum absolute atomic E-state index is 14.1. The van der Waals surface area contributed by atoms with Gasteiger partial charge in [-0.3, -0.25) is 0 Å². The van der Waals surface area contributed by atoms with E-state index >= 15 is 0 Å². The topological polar surface area (TPSA) is 110 Å². The number of carbonyl (C=O) groups is 1. The second-order valence-corrected chi connectivity index (χ2v) is 6.94. The fourth-order valence-electron chi connectivity index (χ4n) is 1.59. The molecule has 0 unspecified atom stereocenters. The number of halogens is 2. The van der Waals surface area contributed by atoms with Crippen LogP contribution in [0.3, 0.4) is 0 Å². The van der Waals surface area contributed by atoms with Crippen molar-refractivity contribution in [3.05, 3.63) is 39.7 Å². The van der Waals surface area contributed by atoms with Crippen molar-refractivity contribution in [2.45, 2.75) is 17.6 Å². The summed E-state index contributed by atoms with van der Waals surface area (Å²) >= 11 is 2.95. The highest BCUT2D eigenvalue weighted by atomic mass is 79.9. The number of nitrogens with zero attached hydrogens (tertiary/aromatic N) is 2. The smallest absolute Gasteiger partial charge is 0.338 e. The number of hydrogen-bond acceptors (Lipinski definition) is 6. The minimum Gasteiger partial charge on any atom is -0.478 e. The molecule has 1 aromatic carbocycles. The summed E-state index contributed by atoms with van der Waals surface area (Å²) in [5.74, 6) is -3.59. The Balaban J connectivity index is 2.52. The van der Waals surface area contributed by atoms with Crippen LogP contribution in [0, 0.1) is 12.7 Å². The van der Waals surface area contributed by atoms with Gasteiger partial charge in [0.15, 0.2) is 21.5 Å². The zero-order chi connectivity index (χ0) is 15.8. The van der Waals surface area contributed by atoms with Crippen LogP contribution in [0.15, 0.2) is 26.0 Å². The van der Waals surface area contributed by atoms with Gasteiger partial charge < -0.3 is 9.63 Å². The van der Waals surface area contributed by atoms with Crippen molar-refractivity contribution in [3.63, 3.8) is 0 Å². The second kappa shape index (κ2) is 5.53. The monoisotopic (exact) mass is 378 g/mol. The first-order valence-electron chi connectivity index (χ1n) is 5.45. The lowest BCUT2D eigenvalue weighted by atomic mass is 10.2. The molecule has 2 aromatic rings. The van der Waals surface area contributed by atoms with Crippen molar-refractivity contribution < 1.29 is 27.2 Å². The van der Waals surface area contributed by atoms with Crippen molar-refractivity contribution in [2.24, 2.45) is 0 Å². The van der Waals surface area contributed by atoms with Gasteiger partial charge in [-0.2, -0.15) is 4.98 Å². The number of sulfone groups is 1. The van der Waals surface area contributed by atoms with E-state index in [0.717, 1.165) is 12.1 Å². The van der Waals surface area contributed by atoms with Crippen LogP contribution in [-0.4, -0.2) is 29.6 Å². The molecular weight excluding hydrogens is 371 g/mol. The van der Waals surface area contributed by atoms with E-state index in [1.807, 2.05) is 0 Å². The average Bonchev–Trinajstić information content (AvgIpc) is 2.76. The molecule has 1 heterocycles. The fourth-order valence-corrected chi connectivity index (χ4v) is 3.48. The van der Waals surface area contributed by atoms with Crippen molar-refractivity contribution in [2.75, 3.05) is 0 Å². The lowest BCUT2D eigenvalue weighted by Gasteiger charge is -2.07. The SMILES string of the molecule is Cc1noc(CS(=O)(=O)c2cc(Br)cc(C(=O)O)c2F)n1. The third kappa shape index (κ3) is 3.27. The van der Waals surface area contributed by atoms with E-state index in [9.17, 15) is 17.6 Å². The number of carboxylic acid groups (broad SMARTS) is 1. The zero-order valence-electron chi connectivity index (χ0n) is 10.5. The fraction of sp³-hybridized carbons (Fsp3) is 0.182. The Bertz CT molecular complexity index is 818. The largest absolute Gasteiger partial charge is 0.478 e. The van der Waals surface area contributed by atoms with Crippen LogP contribution in [0.2, 0.25) is 0 Å². The molecule has 0 amide bonds. The highest BCUT2D eigenvalue weighted by Gasteiger charge is 2.27. The van der Waals surface area contributed by atoms with E-state index in [-0.39, 0.29) is 16.2 Å². The second-order valence-electron chi connectivity index (χ2n) is 4.07. The summed E-state index contributed by atoms with van der Waals surface area (Å²) in [6.45, 7) is 1.50. The molecule has 0 saturated heterocycles. The molecule has 0 spiro atoms. The van der Waals surface area contributed by atoms with Gasteiger partial charge in [-0.15, -0.1) is 0 Å². The van der Waals surface area contributed by atoms with Crippen LogP contribution in [0.5, 0.6) is 0 Å². The van der Waals surface area contributed by atoms with Gasteiger partial charge in [-0.1, -0.05) is 21.1 Å². The van der Waals surface area contributed by atoms with E-state index < -0.39 is 37.8 Å². The third-order valence-electron chi connectivity index (χ3n) is 2.45. The van der Waals surface area contributed by atoms with E-state index in [2.05, 4.69) is 30.6 Å². The predicted molar refractivity (Wildman–Crippen MR) is 71.0 cm³/mol. The maximum Gasteiger partial charge on any atom is 0.338 e. The first-order valence-corrected chi connectivity index (χ1v) is 7.89. The number of aromatic nitrogens is 2. The molecule has 0 bridgehead atoms. The molecule has 2 rings (SSSR count). The number of rotatable bonds is 4. The minimum absolute atomic E-state index is 0.126. The van der Waals surface area contributed by atoms with Crippen molar-refractivity contribution >= 4 is 31.7 Å². The zero-order valence-corrected chi connectivity index (χ0v) is 12.9. The number of aromatic carboxylic acids is 1. The Kier molecular flexibility index (Phi) is 4.10. The molecule has 10 heteroatoms.